The Morgan fingerprint density at radius 3 is 2.67 bits per heavy atom. The Hall–Kier alpha value is -1.29. The lowest BCUT2D eigenvalue weighted by molar-refractivity contribution is -0.135. The first-order chi connectivity index (χ1) is 5.61. The Kier molecular flexibility index (Phi) is 2.50. The summed E-state index contributed by atoms with van der Waals surface area (Å²) in [4.78, 5) is 11.0. The summed E-state index contributed by atoms with van der Waals surface area (Å²) < 4.78 is 0. The molecule has 0 radical (unpaired) electrons. The second-order valence-electron chi connectivity index (χ2n) is 2.30. The van der Waals surface area contributed by atoms with Gasteiger partial charge >= 0.3 is 5.97 Å². The predicted octanol–water partition coefficient (Wildman–Crippen LogP) is 2.04. The highest BCUT2D eigenvalue weighted by Crippen LogP contribution is 2.18. The molecule has 0 bridgehead atoms. The number of rotatable bonds is 2. The van der Waals surface area contributed by atoms with Gasteiger partial charge in [0.1, 0.15) is 0 Å². The molecule has 1 rings (SSSR count). The number of aliphatic carboxylic acids is 1. The highest BCUT2D eigenvalue weighted by atomic mass is 32.1. The summed E-state index contributed by atoms with van der Waals surface area (Å²) in [6, 6.07) is 1.87. The molecule has 1 aromatic rings. The molecule has 0 amide bonds. The zero-order chi connectivity index (χ0) is 9.14. The molecule has 2 N–H and O–H groups in total. The van der Waals surface area contributed by atoms with Crippen molar-refractivity contribution in [1.82, 2.24) is 0 Å². The third-order valence-electron chi connectivity index (χ3n) is 1.39. The molecule has 0 aliphatic rings. The monoisotopic (exact) mass is 184 g/mol. The summed E-state index contributed by atoms with van der Waals surface area (Å²) in [7, 11) is 0. The van der Waals surface area contributed by atoms with Gasteiger partial charge in [0.2, 0.25) is 5.76 Å². The lowest BCUT2D eigenvalue weighted by atomic mass is 10.2. The van der Waals surface area contributed by atoms with Crippen molar-refractivity contribution in [1.29, 1.82) is 0 Å². The van der Waals surface area contributed by atoms with Gasteiger partial charge in [-0.2, -0.15) is 0 Å². The van der Waals surface area contributed by atoms with E-state index in [1.165, 1.54) is 17.4 Å². The highest BCUT2D eigenvalue weighted by Gasteiger charge is 2.05. The summed E-state index contributed by atoms with van der Waals surface area (Å²) in [5, 5.41) is 19.1. The fraction of sp³-hybridized carbons (Fsp3) is 0.125. The molecule has 0 fully saturated rings. The molecular weight excluding hydrogens is 176 g/mol. The zero-order valence-electron chi connectivity index (χ0n) is 6.44. The molecule has 0 aliphatic heterocycles. The van der Waals surface area contributed by atoms with Crippen molar-refractivity contribution in [2.45, 2.75) is 6.92 Å². The van der Waals surface area contributed by atoms with Crippen molar-refractivity contribution >= 4 is 23.4 Å². The molecule has 0 saturated heterocycles. The minimum Gasteiger partial charge on any atom is -0.502 e. The van der Waals surface area contributed by atoms with Gasteiger partial charge in [-0.05, 0) is 23.9 Å². The Bertz CT molecular complexity index is 325. The van der Waals surface area contributed by atoms with Gasteiger partial charge in [-0.25, -0.2) is 4.79 Å². The van der Waals surface area contributed by atoms with Gasteiger partial charge in [0, 0.05) is 11.0 Å². The third kappa shape index (κ3) is 1.85. The van der Waals surface area contributed by atoms with Crippen LogP contribution < -0.4 is 0 Å². The fourth-order valence-corrected chi connectivity index (χ4v) is 1.57. The van der Waals surface area contributed by atoms with Crippen LogP contribution in [0.4, 0.5) is 0 Å². The maximum atomic E-state index is 10.2. The molecule has 0 saturated carbocycles. The maximum absolute atomic E-state index is 10.2. The molecule has 0 unspecified atom stereocenters. The number of carbonyl (C=O) groups is 1. The van der Waals surface area contributed by atoms with Crippen LogP contribution in [0.15, 0.2) is 17.2 Å². The molecule has 0 spiro atoms. The van der Waals surface area contributed by atoms with Crippen molar-refractivity contribution in [3.05, 3.63) is 27.6 Å². The van der Waals surface area contributed by atoms with E-state index >= 15 is 0 Å². The van der Waals surface area contributed by atoms with E-state index in [-0.39, 0.29) is 0 Å². The first kappa shape index (κ1) is 8.80. The minimum absolute atomic E-state index is 0.624. The first-order valence-electron chi connectivity index (χ1n) is 3.29. The average molecular weight is 184 g/mol. The van der Waals surface area contributed by atoms with Crippen LogP contribution in [-0.4, -0.2) is 16.2 Å². The Balaban J connectivity index is 2.95. The van der Waals surface area contributed by atoms with Crippen LogP contribution in [0.25, 0.3) is 6.08 Å². The first-order valence-corrected chi connectivity index (χ1v) is 4.17. The Labute approximate surface area is 73.6 Å². The summed E-state index contributed by atoms with van der Waals surface area (Å²) in [5.74, 6) is -1.93. The molecule has 3 nitrogen and oxygen atoms in total. The smallest absolute Gasteiger partial charge is 0.370 e. The highest BCUT2D eigenvalue weighted by molar-refractivity contribution is 7.11. The molecule has 1 heterocycles. The molecule has 0 atom stereocenters. The van der Waals surface area contributed by atoms with Crippen LogP contribution in [-0.2, 0) is 4.79 Å². The van der Waals surface area contributed by atoms with Gasteiger partial charge in [-0.15, -0.1) is 11.3 Å². The van der Waals surface area contributed by atoms with E-state index in [4.69, 9.17) is 10.2 Å². The quantitative estimate of drug-likeness (QED) is 0.546. The van der Waals surface area contributed by atoms with E-state index in [0.29, 0.717) is 0 Å². The van der Waals surface area contributed by atoms with Crippen molar-refractivity contribution in [3.8, 4) is 0 Å². The Morgan fingerprint density at radius 1 is 1.58 bits per heavy atom. The van der Waals surface area contributed by atoms with Crippen LogP contribution in [0.5, 0.6) is 0 Å². The molecule has 4 heteroatoms. The second-order valence-corrected chi connectivity index (χ2v) is 3.25. The standard InChI is InChI=1S/C8H8O3S/c1-5-2-3-12-7(5)4-6(9)8(10)11/h2-4,9H,1H3,(H,10,11)/b6-4-. The zero-order valence-corrected chi connectivity index (χ0v) is 7.26. The Morgan fingerprint density at radius 2 is 2.25 bits per heavy atom. The summed E-state index contributed by atoms with van der Waals surface area (Å²) >= 11 is 1.40. The van der Waals surface area contributed by atoms with Gasteiger partial charge in [-0.3, -0.25) is 0 Å². The third-order valence-corrected chi connectivity index (χ3v) is 2.35. The van der Waals surface area contributed by atoms with E-state index in [9.17, 15) is 4.79 Å². The van der Waals surface area contributed by atoms with Crippen molar-refractivity contribution in [3.63, 3.8) is 0 Å². The van der Waals surface area contributed by atoms with Gasteiger partial charge < -0.3 is 10.2 Å². The lowest BCUT2D eigenvalue weighted by Gasteiger charge is -1.91. The number of aliphatic hydroxyl groups excluding tert-OH is 1. The lowest BCUT2D eigenvalue weighted by Crippen LogP contribution is -1.97. The van der Waals surface area contributed by atoms with Crippen molar-refractivity contribution in [2.24, 2.45) is 0 Å². The number of hydrogen-bond donors (Lipinski definition) is 2. The van der Waals surface area contributed by atoms with E-state index in [2.05, 4.69) is 0 Å². The summed E-state index contributed by atoms with van der Waals surface area (Å²) in [5.41, 5.74) is 0.966. The number of hydrogen-bond acceptors (Lipinski definition) is 3. The molecule has 64 valence electrons. The van der Waals surface area contributed by atoms with Crippen LogP contribution >= 0.6 is 11.3 Å². The fourth-order valence-electron chi connectivity index (χ4n) is 0.718. The van der Waals surface area contributed by atoms with Gasteiger partial charge in [-0.1, -0.05) is 0 Å². The van der Waals surface area contributed by atoms with Gasteiger partial charge in [0.15, 0.2) is 0 Å². The topological polar surface area (TPSA) is 57.5 Å². The number of thiophene rings is 1. The van der Waals surface area contributed by atoms with E-state index < -0.39 is 11.7 Å². The second kappa shape index (κ2) is 3.40. The maximum Gasteiger partial charge on any atom is 0.370 e. The van der Waals surface area contributed by atoms with Crippen molar-refractivity contribution < 1.29 is 15.0 Å². The number of carboxylic acids is 1. The van der Waals surface area contributed by atoms with Gasteiger partial charge in [0.25, 0.3) is 0 Å². The largest absolute Gasteiger partial charge is 0.502 e. The number of carboxylic acid groups (broad SMARTS) is 1. The summed E-state index contributed by atoms with van der Waals surface area (Å²) in [6.07, 6.45) is 1.25. The number of aryl methyl sites for hydroxylation is 1. The van der Waals surface area contributed by atoms with Crippen LogP contribution in [0.2, 0.25) is 0 Å². The van der Waals surface area contributed by atoms with Crippen molar-refractivity contribution in [2.75, 3.05) is 0 Å². The SMILES string of the molecule is Cc1ccsc1/C=C(\O)C(=O)O. The predicted molar refractivity (Wildman–Crippen MR) is 47.3 cm³/mol. The molecule has 1 aromatic heterocycles. The molecule has 0 aromatic carbocycles. The van der Waals surface area contributed by atoms with Gasteiger partial charge in [0.05, 0.1) is 0 Å². The summed E-state index contributed by atoms with van der Waals surface area (Å²) in [6.45, 7) is 1.86. The van der Waals surface area contributed by atoms with E-state index in [1.54, 1.807) is 0 Å². The van der Waals surface area contributed by atoms with Crippen LogP contribution in [0.3, 0.4) is 0 Å². The normalized spacial score (nSPS) is 11.6. The minimum atomic E-state index is -1.30. The van der Waals surface area contributed by atoms with E-state index in [0.717, 1.165) is 10.4 Å². The molecule has 12 heavy (non-hydrogen) atoms. The molecular formula is C8H8O3S. The average Bonchev–Trinajstić information content (AvgIpc) is 2.36. The molecule has 0 aliphatic carbocycles. The number of aliphatic hydroxyl groups is 1. The van der Waals surface area contributed by atoms with Crippen LogP contribution in [0, 0.1) is 6.92 Å². The van der Waals surface area contributed by atoms with E-state index in [1.807, 2.05) is 18.4 Å². The van der Waals surface area contributed by atoms with Crippen LogP contribution in [0.1, 0.15) is 10.4 Å².